The molecule has 0 spiro atoms. The van der Waals surface area contributed by atoms with Gasteiger partial charge in [0.2, 0.25) is 0 Å². The van der Waals surface area contributed by atoms with E-state index < -0.39 is 17.7 Å². The van der Waals surface area contributed by atoms with Crippen LogP contribution < -0.4 is 5.32 Å². The molecule has 1 saturated heterocycles. The van der Waals surface area contributed by atoms with E-state index in [1.165, 1.54) is 4.90 Å². The van der Waals surface area contributed by atoms with Gasteiger partial charge < -0.3 is 15.3 Å². The zero-order chi connectivity index (χ0) is 14.7. The SMILES string of the molecule is O=C(Nc1c(F)cc(F)cc1Cl)N1CCC(CO)CC1. The van der Waals surface area contributed by atoms with Crippen molar-refractivity contribution in [2.75, 3.05) is 25.0 Å². The summed E-state index contributed by atoms with van der Waals surface area (Å²) in [7, 11) is 0. The Kier molecular flexibility index (Phi) is 4.77. The number of carbonyl (C=O) groups is 1. The highest BCUT2D eigenvalue weighted by molar-refractivity contribution is 6.33. The minimum absolute atomic E-state index is 0.105. The van der Waals surface area contributed by atoms with Crippen molar-refractivity contribution in [3.63, 3.8) is 0 Å². The Morgan fingerprint density at radius 3 is 2.60 bits per heavy atom. The van der Waals surface area contributed by atoms with Gasteiger partial charge in [-0.1, -0.05) is 11.6 Å². The van der Waals surface area contributed by atoms with E-state index in [0.717, 1.165) is 6.07 Å². The van der Waals surface area contributed by atoms with Crippen molar-refractivity contribution in [2.24, 2.45) is 5.92 Å². The van der Waals surface area contributed by atoms with Crippen LogP contribution in [0.2, 0.25) is 5.02 Å². The van der Waals surface area contributed by atoms with Crippen LogP contribution in [0, 0.1) is 17.6 Å². The van der Waals surface area contributed by atoms with Crippen LogP contribution in [-0.2, 0) is 0 Å². The maximum Gasteiger partial charge on any atom is 0.321 e. The molecule has 4 nitrogen and oxygen atoms in total. The molecule has 0 saturated carbocycles. The number of hydrogen-bond acceptors (Lipinski definition) is 2. The summed E-state index contributed by atoms with van der Waals surface area (Å²) in [5.41, 5.74) is -0.220. The highest BCUT2D eigenvalue weighted by Crippen LogP contribution is 2.27. The first-order chi connectivity index (χ1) is 9.51. The highest BCUT2D eigenvalue weighted by atomic mass is 35.5. The standard InChI is InChI=1S/C13H15ClF2N2O2/c14-10-5-9(15)6-11(16)12(10)17-13(20)18-3-1-8(7-19)2-4-18/h5-6,8,19H,1-4,7H2,(H,17,20). The van der Waals surface area contributed by atoms with Crippen LogP contribution in [0.4, 0.5) is 19.3 Å². The third-order valence-electron chi connectivity index (χ3n) is 3.40. The number of halogens is 3. The number of aliphatic hydroxyl groups excluding tert-OH is 1. The molecule has 7 heteroatoms. The molecule has 0 aromatic heterocycles. The van der Waals surface area contributed by atoms with Crippen molar-refractivity contribution in [1.29, 1.82) is 0 Å². The molecule has 1 aromatic carbocycles. The molecule has 2 N–H and O–H groups in total. The summed E-state index contributed by atoms with van der Waals surface area (Å²) >= 11 is 5.72. The molecule has 1 heterocycles. The van der Waals surface area contributed by atoms with Crippen molar-refractivity contribution >= 4 is 23.3 Å². The number of urea groups is 1. The minimum Gasteiger partial charge on any atom is -0.396 e. The molecule has 0 aliphatic carbocycles. The van der Waals surface area contributed by atoms with Gasteiger partial charge in [0, 0.05) is 25.8 Å². The zero-order valence-electron chi connectivity index (χ0n) is 10.7. The van der Waals surface area contributed by atoms with Crippen LogP contribution >= 0.6 is 11.6 Å². The predicted octanol–water partition coefficient (Wildman–Crippen LogP) is 2.85. The number of benzene rings is 1. The molecule has 1 aromatic rings. The highest BCUT2D eigenvalue weighted by Gasteiger charge is 2.23. The number of nitrogens with one attached hydrogen (secondary N) is 1. The van der Waals surface area contributed by atoms with Gasteiger partial charge in [0.25, 0.3) is 0 Å². The summed E-state index contributed by atoms with van der Waals surface area (Å²) in [5, 5.41) is 11.2. The first-order valence-corrected chi connectivity index (χ1v) is 6.70. The van der Waals surface area contributed by atoms with E-state index in [-0.39, 0.29) is 23.2 Å². The van der Waals surface area contributed by atoms with Crippen molar-refractivity contribution in [3.8, 4) is 0 Å². The lowest BCUT2D eigenvalue weighted by Gasteiger charge is -2.31. The molecule has 0 unspecified atom stereocenters. The number of hydrogen-bond donors (Lipinski definition) is 2. The third-order valence-corrected chi connectivity index (χ3v) is 3.70. The van der Waals surface area contributed by atoms with E-state index in [1.54, 1.807) is 0 Å². The Balaban J connectivity index is 2.02. The van der Waals surface area contributed by atoms with Gasteiger partial charge in [-0.3, -0.25) is 0 Å². The van der Waals surface area contributed by atoms with Gasteiger partial charge in [-0.2, -0.15) is 0 Å². The Bertz CT molecular complexity index is 482. The van der Waals surface area contributed by atoms with Gasteiger partial charge in [0.15, 0.2) is 5.82 Å². The Hall–Kier alpha value is -1.40. The summed E-state index contributed by atoms with van der Waals surface area (Å²) in [5.74, 6) is -1.51. The van der Waals surface area contributed by atoms with Gasteiger partial charge in [0.05, 0.1) is 10.7 Å². The first kappa shape index (κ1) is 15.0. The lowest BCUT2D eigenvalue weighted by Crippen LogP contribution is -2.41. The number of rotatable bonds is 2. The predicted molar refractivity (Wildman–Crippen MR) is 71.8 cm³/mol. The Morgan fingerprint density at radius 2 is 2.05 bits per heavy atom. The molecule has 20 heavy (non-hydrogen) atoms. The van der Waals surface area contributed by atoms with Crippen LogP contribution in [0.3, 0.4) is 0 Å². The maximum absolute atomic E-state index is 13.6. The van der Waals surface area contributed by atoms with E-state index in [2.05, 4.69) is 5.32 Å². The zero-order valence-corrected chi connectivity index (χ0v) is 11.5. The van der Waals surface area contributed by atoms with Gasteiger partial charge >= 0.3 is 6.03 Å². The second kappa shape index (κ2) is 6.37. The average molecular weight is 305 g/mol. The van der Waals surface area contributed by atoms with Crippen molar-refractivity contribution in [1.82, 2.24) is 4.90 Å². The summed E-state index contributed by atoms with van der Waals surface area (Å²) in [6, 6.07) is 1.13. The van der Waals surface area contributed by atoms with E-state index in [1.807, 2.05) is 0 Å². The van der Waals surface area contributed by atoms with E-state index in [9.17, 15) is 13.6 Å². The number of amides is 2. The summed E-state index contributed by atoms with van der Waals surface area (Å²) in [4.78, 5) is 13.5. The molecule has 1 fully saturated rings. The summed E-state index contributed by atoms with van der Waals surface area (Å²) in [6.07, 6.45) is 1.40. The fraction of sp³-hybridized carbons (Fsp3) is 0.462. The Morgan fingerprint density at radius 1 is 1.40 bits per heavy atom. The monoisotopic (exact) mass is 304 g/mol. The van der Waals surface area contributed by atoms with Crippen LogP contribution in [0.5, 0.6) is 0 Å². The average Bonchev–Trinajstić information content (AvgIpc) is 2.42. The normalized spacial score (nSPS) is 16.3. The molecule has 2 rings (SSSR count). The van der Waals surface area contributed by atoms with E-state index in [4.69, 9.17) is 16.7 Å². The number of nitrogens with zero attached hydrogens (tertiary/aromatic N) is 1. The topological polar surface area (TPSA) is 52.6 Å². The molecule has 1 aliphatic heterocycles. The fourth-order valence-corrected chi connectivity index (χ4v) is 2.41. The van der Waals surface area contributed by atoms with E-state index >= 15 is 0 Å². The molecule has 0 bridgehead atoms. The summed E-state index contributed by atoms with van der Waals surface area (Å²) < 4.78 is 26.5. The summed E-state index contributed by atoms with van der Waals surface area (Å²) in [6.45, 7) is 1.07. The van der Waals surface area contributed by atoms with Gasteiger partial charge in [-0.05, 0) is 24.8 Å². The Labute approximate surface area is 120 Å². The number of piperidine rings is 1. The maximum atomic E-state index is 13.6. The fourth-order valence-electron chi connectivity index (χ4n) is 2.17. The van der Waals surface area contributed by atoms with Crippen LogP contribution in [0.25, 0.3) is 0 Å². The van der Waals surface area contributed by atoms with Crippen molar-refractivity contribution in [3.05, 3.63) is 28.8 Å². The molecule has 0 atom stereocenters. The molecule has 0 radical (unpaired) electrons. The van der Waals surface area contributed by atoms with Crippen molar-refractivity contribution in [2.45, 2.75) is 12.8 Å². The van der Waals surface area contributed by atoms with E-state index in [0.29, 0.717) is 32.0 Å². The lowest BCUT2D eigenvalue weighted by atomic mass is 9.98. The molecule has 2 amide bonds. The quantitative estimate of drug-likeness (QED) is 0.883. The molecular formula is C13H15ClF2N2O2. The smallest absolute Gasteiger partial charge is 0.321 e. The minimum atomic E-state index is -0.909. The first-order valence-electron chi connectivity index (χ1n) is 6.32. The molecular weight excluding hydrogens is 290 g/mol. The largest absolute Gasteiger partial charge is 0.396 e. The van der Waals surface area contributed by atoms with Gasteiger partial charge in [0.1, 0.15) is 5.82 Å². The van der Waals surface area contributed by atoms with Crippen molar-refractivity contribution < 1.29 is 18.7 Å². The van der Waals surface area contributed by atoms with Gasteiger partial charge in [-0.25, -0.2) is 13.6 Å². The molecule has 1 aliphatic rings. The molecule has 110 valence electrons. The van der Waals surface area contributed by atoms with Crippen LogP contribution in [0.15, 0.2) is 12.1 Å². The number of carbonyl (C=O) groups excluding carboxylic acids is 1. The van der Waals surface area contributed by atoms with Crippen LogP contribution in [-0.4, -0.2) is 35.7 Å². The third kappa shape index (κ3) is 3.37. The number of aliphatic hydroxyl groups is 1. The number of likely N-dealkylation sites (tertiary alicyclic amines) is 1. The second-order valence-electron chi connectivity index (χ2n) is 4.79. The lowest BCUT2D eigenvalue weighted by molar-refractivity contribution is 0.143. The van der Waals surface area contributed by atoms with Crippen LogP contribution in [0.1, 0.15) is 12.8 Å². The number of anilines is 1. The van der Waals surface area contributed by atoms with Gasteiger partial charge in [-0.15, -0.1) is 0 Å². The second-order valence-corrected chi connectivity index (χ2v) is 5.19.